The molecule has 0 heterocycles. The minimum atomic E-state index is -0.820. The van der Waals surface area contributed by atoms with Gasteiger partial charge < -0.3 is 9.47 Å². The zero-order valence-electron chi connectivity index (χ0n) is 20.5. The minimum absolute atomic E-state index is 0.0662. The second kappa shape index (κ2) is 11.7. The highest BCUT2D eigenvalue weighted by Gasteiger charge is 2.26. The van der Waals surface area contributed by atoms with Crippen LogP contribution in [0.5, 0.6) is 11.5 Å². The maximum absolute atomic E-state index is 14.9. The third-order valence-corrected chi connectivity index (χ3v) is 6.99. The van der Waals surface area contributed by atoms with Crippen LogP contribution in [0.1, 0.15) is 69.4 Å². The summed E-state index contributed by atoms with van der Waals surface area (Å²) in [7, 11) is 0. The van der Waals surface area contributed by atoms with Crippen molar-refractivity contribution in [3.63, 3.8) is 0 Å². The van der Waals surface area contributed by atoms with Crippen LogP contribution in [0.3, 0.4) is 0 Å². The summed E-state index contributed by atoms with van der Waals surface area (Å²) in [6.45, 7) is 4.33. The summed E-state index contributed by atoms with van der Waals surface area (Å²) in [5.41, 5.74) is 2.22. The molecule has 3 aromatic carbocycles. The number of rotatable bonds is 9. The smallest absolute Gasteiger partial charge is 0.165 e. The van der Waals surface area contributed by atoms with E-state index in [9.17, 15) is 13.2 Å². The van der Waals surface area contributed by atoms with E-state index in [4.69, 9.17) is 9.47 Å². The number of benzene rings is 3. The predicted molar refractivity (Wildman–Crippen MR) is 133 cm³/mol. The molecule has 0 spiro atoms. The molecular formula is C30H33F3O2. The van der Waals surface area contributed by atoms with Gasteiger partial charge in [0.25, 0.3) is 0 Å². The molecule has 1 aliphatic carbocycles. The van der Waals surface area contributed by atoms with Crippen molar-refractivity contribution in [3.05, 3.63) is 83.2 Å². The van der Waals surface area contributed by atoms with Gasteiger partial charge in [-0.25, -0.2) is 13.2 Å². The van der Waals surface area contributed by atoms with Crippen molar-refractivity contribution < 1.29 is 22.6 Å². The Morgan fingerprint density at radius 3 is 2.14 bits per heavy atom. The third kappa shape index (κ3) is 6.01. The van der Waals surface area contributed by atoms with Crippen LogP contribution in [0, 0.1) is 23.4 Å². The van der Waals surface area contributed by atoms with Crippen molar-refractivity contribution in [2.45, 2.75) is 64.9 Å². The van der Waals surface area contributed by atoms with E-state index in [1.807, 2.05) is 0 Å². The topological polar surface area (TPSA) is 18.5 Å². The molecule has 0 aliphatic heterocycles. The lowest BCUT2D eigenvalue weighted by atomic mass is 9.77. The van der Waals surface area contributed by atoms with Crippen LogP contribution in [0.15, 0.2) is 54.6 Å². The molecule has 4 rings (SSSR count). The summed E-state index contributed by atoms with van der Waals surface area (Å²) in [6, 6.07) is 15.3. The number of halogens is 3. The highest BCUT2D eigenvalue weighted by atomic mass is 19.2. The Hall–Kier alpha value is -2.95. The Kier molecular flexibility index (Phi) is 8.37. The second-order valence-electron chi connectivity index (χ2n) is 9.34. The molecule has 0 saturated heterocycles. The van der Waals surface area contributed by atoms with Gasteiger partial charge in [0.2, 0.25) is 0 Å². The van der Waals surface area contributed by atoms with E-state index in [0.717, 1.165) is 37.2 Å². The molecular weight excluding hydrogens is 449 g/mol. The van der Waals surface area contributed by atoms with E-state index >= 15 is 0 Å². The van der Waals surface area contributed by atoms with Gasteiger partial charge in [0, 0.05) is 5.56 Å². The summed E-state index contributed by atoms with van der Waals surface area (Å²) in [6.07, 6.45) is 6.41. The van der Waals surface area contributed by atoms with Crippen LogP contribution in [0.2, 0.25) is 0 Å². The fourth-order valence-corrected chi connectivity index (χ4v) is 5.06. The molecule has 3 aromatic rings. The lowest BCUT2D eigenvalue weighted by Gasteiger charge is -2.29. The number of hydrogen-bond donors (Lipinski definition) is 0. The van der Waals surface area contributed by atoms with Crippen LogP contribution >= 0.6 is 0 Å². The van der Waals surface area contributed by atoms with Gasteiger partial charge in [0.15, 0.2) is 23.2 Å². The molecule has 35 heavy (non-hydrogen) atoms. The lowest BCUT2D eigenvalue weighted by molar-refractivity contribution is 0.292. The molecule has 0 bridgehead atoms. The molecule has 0 N–H and O–H groups in total. The fourth-order valence-electron chi connectivity index (χ4n) is 5.06. The minimum Gasteiger partial charge on any atom is -0.491 e. The standard InChI is InChI=1S/C30H33F3O2/c1-3-5-20-6-8-22(9-7-20)26-16-12-24(29(32)30(26)33)19-35-25-14-10-21(11-15-25)23-13-17-28(34-4-2)27(31)18-23/h10-18,20,22H,3-9,19H2,1-2H3. The van der Waals surface area contributed by atoms with Crippen molar-refractivity contribution in [1.29, 1.82) is 0 Å². The van der Waals surface area contributed by atoms with Crippen LogP contribution in [-0.2, 0) is 6.61 Å². The molecule has 1 aliphatic rings. The van der Waals surface area contributed by atoms with Gasteiger partial charge in [-0.3, -0.25) is 0 Å². The van der Waals surface area contributed by atoms with Crippen molar-refractivity contribution in [3.8, 4) is 22.6 Å². The number of ether oxygens (including phenoxy) is 2. The quantitative estimate of drug-likeness (QED) is 0.303. The van der Waals surface area contributed by atoms with Crippen molar-refractivity contribution in [2.24, 2.45) is 5.92 Å². The predicted octanol–water partition coefficient (Wildman–Crippen LogP) is 8.82. The van der Waals surface area contributed by atoms with E-state index in [0.29, 0.717) is 23.5 Å². The maximum atomic E-state index is 14.9. The Labute approximate surface area is 206 Å². The van der Waals surface area contributed by atoms with Crippen molar-refractivity contribution in [2.75, 3.05) is 6.61 Å². The average Bonchev–Trinajstić information content (AvgIpc) is 2.87. The first-order valence-corrected chi connectivity index (χ1v) is 12.6. The van der Waals surface area contributed by atoms with Crippen LogP contribution < -0.4 is 9.47 Å². The molecule has 0 atom stereocenters. The molecule has 5 heteroatoms. The van der Waals surface area contributed by atoms with Gasteiger partial charge >= 0.3 is 0 Å². The Balaban J connectivity index is 1.38. The summed E-state index contributed by atoms with van der Waals surface area (Å²) in [4.78, 5) is 0. The Morgan fingerprint density at radius 1 is 0.771 bits per heavy atom. The van der Waals surface area contributed by atoms with E-state index in [1.54, 1.807) is 55.5 Å². The maximum Gasteiger partial charge on any atom is 0.165 e. The van der Waals surface area contributed by atoms with Gasteiger partial charge in [-0.1, -0.05) is 50.1 Å². The first kappa shape index (κ1) is 25.2. The molecule has 0 aromatic heterocycles. The molecule has 1 saturated carbocycles. The SMILES string of the molecule is CCCC1CCC(c2ccc(COc3ccc(-c4ccc(OCC)c(F)c4)cc3)c(F)c2F)CC1. The first-order chi connectivity index (χ1) is 17.0. The van der Waals surface area contributed by atoms with Crippen molar-refractivity contribution in [1.82, 2.24) is 0 Å². The molecule has 2 nitrogen and oxygen atoms in total. The van der Waals surface area contributed by atoms with Gasteiger partial charge in [-0.05, 0) is 85.4 Å². The van der Waals surface area contributed by atoms with Gasteiger partial charge in [-0.2, -0.15) is 0 Å². The average molecular weight is 483 g/mol. The molecule has 1 fully saturated rings. The van der Waals surface area contributed by atoms with Gasteiger partial charge in [0.1, 0.15) is 12.4 Å². The highest BCUT2D eigenvalue weighted by molar-refractivity contribution is 5.65. The third-order valence-electron chi connectivity index (χ3n) is 6.99. The fraction of sp³-hybridized carbons (Fsp3) is 0.400. The first-order valence-electron chi connectivity index (χ1n) is 12.6. The van der Waals surface area contributed by atoms with E-state index < -0.39 is 17.5 Å². The highest BCUT2D eigenvalue weighted by Crippen LogP contribution is 2.39. The zero-order chi connectivity index (χ0) is 24.8. The second-order valence-corrected chi connectivity index (χ2v) is 9.34. The largest absolute Gasteiger partial charge is 0.491 e. The summed E-state index contributed by atoms with van der Waals surface area (Å²) >= 11 is 0. The summed E-state index contributed by atoms with van der Waals surface area (Å²) in [5.74, 6) is -0.416. The molecule has 186 valence electrons. The summed E-state index contributed by atoms with van der Waals surface area (Å²) in [5, 5.41) is 0. The van der Waals surface area contributed by atoms with Crippen molar-refractivity contribution >= 4 is 0 Å². The molecule has 0 amide bonds. The Morgan fingerprint density at radius 2 is 1.49 bits per heavy atom. The molecule has 0 unspecified atom stereocenters. The van der Waals surface area contributed by atoms with Gasteiger partial charge in [0.05, 0.1) is 6.61 Å². The Bertz CT molecular complexity index is 1120. The molecule has 0 radical (unpaired) electrons. The number of hydrogen-bond acceptors (Lipinski definition) is 2. The summed E-state index contributed by atoms with van der Waals surface area (Å²) < 4.78 is 54.8. The van der Waals surface area contributed by atoms with Crippen LogP contribution in [-0.4, -0.2) is 6.61 Å². The zero-order valence-corrected chi connectivity index (χ0v) is 20.5. The normalized spacial score (nSPS) is 17.9. The monoisotopic (exact) mass is 482 g/mol. The lowest BCUT2D eigenvalue weighted by Crippen LogP contribution is -2.15. The van der Waals surface area contributed by atoms with Gasteiger partial charge in [-0.15, -0.1) is 0 Å². The van der Waals surface area contributed by atoms with E-state index in [2.05, 4.69) is 6.92 Å². The van der Waals surface area contributed by atoms with Crippen LogP contribution in [0.4, 0.5) is 13.2 Å². The van der Waals surface area contributed by atoms with Crippen LogP contribution in [0.25, 0.3) is 11.1 Å². The van der Waals surface area contributed by atoms with E-state index in [-0.39, 0.29) is 23.8 Å². The van der Waals surface area contributed by atoms with E-state index in [1.165, 1.54) is 18.9 Å².